The highest BCUT2D eigenvalue weighted by atomic mass is 35.5. The molecule has 0 radical (unpaired) electrons. The zero-order chi connectivity index (χ0) is 10.3. The Balaban J connectivity index is 0.000000424. The summed E-state index contributed by atoms with van der Waals surface area (Å²) in [5.41, 5.74) is 1.11. The van der Waals surface area contributed by atoms with Crippen molar-refractivity contribution >= 4 is 23.2 Å². The molecule has 0 atom stereocenters. The van der Waals surface area contributed by atoms with Crippen LogP contribution < -0.4 is 0 Å². The molecule has 1 aromatic carbocycles. The Morgan fingerprint density at radius 1 is 1.08 bits per heavy atom. The van der Waals surface area contributed by atoms with Gasteiger partial charge in [0.1, 0.15) is 0 Å². The molecule has 0 amide bonds. The van der Waals surface area contributed by atoms with Crippen molar-refractivity contribution in [2.24, 2.45) is 0 Å². The molecule has 0 N–H and O–H groups in total. The predicted molar refractivity (Wildman–Crippen MR) is 61.8 cm³/mol. The van der Waals surface area contributed by atoms with Gasteiger partial charge in [-0.2, -0.15) is 0 Å². The minimum atomic E-state index is 0.751. The highest BCUT2D eigenvalue weighted by molar-refractivity contribution is 6.33. The van der Waals surface area contributed by atoms with E-state index in [0.29, 0.717) is 0 Å². The van der Waals surface area contributed by atoms with Crippen LogP contribution in [0.25, 0.3) is 0 Å². The van der Waals surface area contributed by atoms with Crippen LogP contribution >= 0.6 is 23.2 Å². The SMILES string of the molecule is CCC.CCc1cc(Cl)ccc1Cl. The fourth-order valence-electron chi connectivity index (χ4n) is 0.814. The molecule has 0 spiro atoms. The summed E-state index contributed by atoms with van der Waals surface area (Å²) in [6.07, 6.45) is 2.18. The van der Waals surface area contributed by atoms with E-state index in [2.05, 4.69) is 20.8 Å². The van der Waals surface area contributed by atoms with Crippen molar-refractivity contribution in [1.82, 2.24) is 0 Å². The second kappa shape index (κ2) is 7.23. The first-order valence-corrected chi connectivity index (χ1v) is 5.35. The summed E-state index contributed by atoms with van der Waals surface area (Å²) in [4.78, 5) is 0. The number of benzene rings is 1. The summed E-state index contributed by atoms with van der Waals surface area (Å²) in [5, 5.41) is 1.55. The number of halogens is 2. The van der Waals surface area contributed by atoms with Gasteiger partial charge in [-0.25, -0.2) is 0 Å². The van der Waals surface area contributed by atoms with Gasteiger partial charge in [-0.1, -0.05) is 50.4 Å². The van der Waals surface area contributed by atoms with Crippen molar-refractivity contribution in [1.29, 1.82) is 0 Å². The maximum Gasteiger partial charge on any atom is 0.0438 e. The van der Waals surface area contributed by atoms with Crippen LogP contribution in [-0.2, 0) is 6.42 Å². The summed E-state index contributed by atoms with van der Waals surface area (Å²) in [5.74, 6) is 0. The molecule has 1 rings (SSSR count). The zero-order valence-electron chi connectivity index (χ0n) is 8.40. The molecular formula is C11H16Cl2. The third-order valence-corrected chi connectivity index (χ3v) is 1.99. The summed E-state index contributed by atoms with van der Waals surface area (Å²) in [6, 6.07) is 5.51. The van der Waals surface area contributed by atoms with Crippen LogP contribution in [0.4, 0.5) is 0 Å². The first-order chi connectivity index (χ1) is 6.15. The highest BCUT2D eigenvalue weighted by Crippen LogP contribution is 2.20. The molecule has 0 aromatic heterocycles. The minimum absolute atomic E-state index is 0.751. The summed E-state index contributed by atoms with van der Waals surface area (Å²) in [7, 11) is 0. The van der Waals surface area contributed by atoms with Crippen LogP contribution in [-0.4, -0.2) is 0 Å². The van der Waals surface area contributed by atoms with Crippen molar-refractivity contribution in [2.75, 3.05) is 0 Å². The van der Waals surface area contributed by atoms with Crippen LogP contribution in [0.3, 0.4) is 0 Å². The van der Waals surface area contributed by atoms with Crippen molar-refractivity contribution in [3.8, 4) is 0 Å². The van der Waals surface area contributed by atoms with Gasteiger partial charge in [0.2, 0.25) is 0 Å². The maximum absolute atomic E-state index is 5.84. The van der Waals surface area contributed by atoms with Gasteiger partial charge < -0.3 is 0 Å². The minimum Gasteiger partial charge on any atom is -0.0843 e. The Morgan fingerprint density at radius 2 is 1.62 bits per heavy atom. The lowest BCUT2D eigenvalue weighted by Gasteiger charge is -1.99. The lowest BCUT2D eigenvalue weighted by molar-refractivity contribution is 1.09. The molecule has 2 heteroatoms. The molecule has 0 nitrogen and oxygen atoms in total. The van der Waals surface area contributed by atoms with Gasteiger partial charge in [0.05, 0.1) is 0 Å². The Morgan fingerprint density at radius 3 is 2.00 bits per heavy atom. The van der Waals surface area contributed by atoms with Crippen LogP contribution in [0.5, 0.6) is 0 Å². The average molecular weight is 219 g/mol. The van der Waals surface area contributed by atoms with Crippen LogP contribution in [0, 0.1) is 0 Å². The van der Waals surface area contributed by atoms with Crippen molar-refractivity contribution in [3.63, 3.8) is 0 Å². The first-order valence-electron chi connectivity index (χ1n) is 4.59. The van der Waals surface area contributed by atoms with Crippen molar-refractivity contribution in [2.45, 2.75) is 33.6 Å². The third-order valence-electron chi connectivity index (χ3n) is 1.39. The van der Waals surface area contributed by atoms with Crippen LogP contribution in [0.1, 0.15) is 32.8 Å². The van der Waals surface area contributed by atoms with Gasteiger partial charge in [0, 0.05) is 10.0 Å². The Kier molecular flexibility index (Phi) is 7.12. The van der Waals surface area contributed by atoms with E-state index in [1.807, 2.05) is 12.1 Å². The normalized spacial score (nSPS) is 9.00. The molecule has 13 heavy (non-hydrogen) atoms. The smallest absolute Gasteiger partial charge is 0.0438 e. The van der Waals surface area contributed by atoms with Gasteiger partial charge in [-0.15, -0.1) is 0 Å². The summed E-state index contributed by atoms with van der Waals surface area (Å²) >= 11 is 11.6. The monoisotopic (exact) mass is 218 g/mol. The fraction of sp³-hybridized carbons (Fsp3) is 0.455. The molecule has 1 aromatic rings. The van der Waals surface area contributed by atoms with E-state index in [9.17, 15) is 0 Å². The lowest BCUT2D eigenvalue weighted by atomic mass is 10.2. The molecule has 0 unspecified atom stereocenters. The number of hydrogen-bond acceptors (Lipinski definition) is 0. The van der Waals surface area contributed by atoms with Crippen LogP contribution in [0.15, 0.2) is 18.2 Å². The molecule has 0 aliphatic rings. The Bertz CT molecular complexity index is 244. The third kappa shape index (κ3) is 5.17. The molecule has 0 heterocycles. The zero-order valence-corrected chi connectivity index (χ0v) is 9.91. The molecule has 0 aliphatic carbocycles. The molecule has 0 saturated heterocycles. The highest BCUT2D eigenvalue weighted by Gasteiger charge is 1.96. The van der Waals surface area contributed by atoms with Gasteiger partial charge in [-0.05, 0) is 30.2 Å². The molecule has 0 bridgehead atoms. The quantitative estimate of drug-likeness (QED) is 0.625. The molecule has 0 saturated carbocycles. The van der Waals surface area contributed by atoms with E-state index in [4.69, 9.17) is 23.2 Å². The second-order valence-electron chi connectivity index (χ2n) is 2.80. The number of rotatable bonds is 1. The van der Waals surface area contributed by atoms with Crippen LogP contribution in [0.2, 0.25) is 10.0 Å². The maximum atomic E-state index is 5.84. The predicted octanol–water partition coefficient (Wildman–Crippen LogP) is 4.97. The van der Waals surface area contributed by atoms with E-state index < -0.39 is 0 Å². The molecule has 74 valence electrons. The van der Waals surface area contributed by atoms with Gasteiger partial charge >= 0.3 is 0 Å². The topological polar surface area (TPSA) is 0 Å². The first kappa shape index (κ1) is 12.8. The largest absolute Gasteiger partial charge is 0.0843 e. The fourth-order valence-corrected chi connectivity index (χ4v) is 1.26. The van der Waals surface area contributed by atoms with Gasteiger partial charge in [-0.3, -0.25) is 0 Å². The van der Waals surface area contributed by atoms with E-state index in [1.54, 1.807) is 6.07 Å². The Hall–Kier alpha value is -0.200. The lowest BCUT2D eigenvalue weighted by Crippen LogP contribution is -1.80. The Labute approximate surface area is 90.9 Å². The molecule has 0 fully saturated rings. The van der Waals surface area contributed by atoms with Gasteiger partial charge in [0.25, 0.3) is 0 Å². The standard InChI is InChI=1S/C8H8Cl2.C3H8/c1-2-6-5-7(9)3-4-8(6)10;1-3-2/h3-5H,2H2,1H3;3H2,1-2H3. The van der Waals surface area contributed by atoms with Crippen molar-refractivity contribution < 1.29 is 0 Å². The van der Waals surface area contributed by atoms with E-state index in [1.165, 1.54) is 6.42 Å². The van der Waals surface area contributed by atoms with E-state index in [-0.39, 0.29) is 0 Å². The van der Waals surface area contributed by atoms with Gasteiger partial charge in [0.15, 0.2) is 0 Å². The average Bonchev–Trinajstić information content (AvgIpc) is 2.10. The van der Waals surface area contributed by atoms with E-state index >= 15 is 0 Å². The molecular weight excluding hydrogens is 203 g/mol. The molecule has 0 aliphatic heterocycles. The second-order valence-corrected chi connectivity index (χ2v) is 3.64. The summed E-state index contributed by atoms with van der Waals surface area (Å²) < 4.78 is 0. The van der Waals surface area contributed by atoms with Crippen molar-refractivity contribution in [3.05, 3.63) is 33.8 Å². The van der Waals surface area contributed by atoms with E-state index in [0.717, 1.165) is 22.0 Å². The number of aryl methyl sites for hydroxylation is 1. The summed E-state index contributed by atoms with van der Waals surface area (Å²) in [6.45, 7) is 6.30. The number of hydrogen-bond donors (Lipinski definition) is 0.